The lowest BCUT2D eigenvalue weighted by Crippen LogP contribution is -1.98. The maximum atomic E-state index is 6.16. The second kappa shape index (κ2) is 7.42. The zero-order chi connectivity index (χ0) is 12.0. The smallest absolute Gasteiger partial charge is 0.0595 e. The molecule has 1 rings (SSSR count). The molecule has 16 heavy (non-hydrogen) atoms. The highest BCUT2D eigenvalue weighted by Crippen LogP contribution is 2.23. The summed E-state index contributed by atoms with van der Waals surface area (Å²) in [5, 5.41) is 1.56. The van der Waals surface area contributed by atoms with Gasteiger partial charge in [0.2, 0.25) is 0 Å². The van der Waals surface area contributed by atoms with Crippen LogP contribution in [0.3, 0.4) is 0 Å². The molecule has 0 saturated carbocycles. The van der Waals surface area contributed by atoms with E-state index < -0.39 is 0 Å². The lowest BCUT2D eigenvalue weighted by atomic mass is 10.1. The molecule has 0 heterocycles. The van der Waals surface area contributed by atoms with E-state index in [0.717, 1.165) is 32.1 Å². The van der Waals surface area contributed by atoms with Gasteiger partial charge in [-0.05, 0) is 43.4 Å². The van der Waals surface area contributed by atoms with Crippen molar-refractivity contribution in [2.75, 3.05) is 0 Å². The summed E-state index contributed by atoms with van der Waals surface area (Å²) < 4.78 is 0. The first-order chi connectivity index (χ1) is 7.63. The summed E-state index contributed by atoms with van der Waals surface area (Å²) >= 11 is 18.0. The van der Waals surface area contributed by atoms with Crippen molar-refractivity contribution < 1.29 is 0 Å². The first kappa shape index (κ1) is 14.2. The lowest BCUT2D eigenvalue weighted by molar-refractivity contribution is 0.640. The molecule has 1 atom stereocenters. The molecule has 0 aromatic heterocycles. The number of hydrogen-bond donors (Lipinski definition) is 0. The van der Waals surface area contributed by atoms with Gasteiger partial charge >= 0.3 is 0 Å². The van der Waals surface area contributed by atoms with Crippen LogP contribution in [0, 0.1) is 0 Å². The Bertz CT molecular complexity index is 323. The summed E-state index contributed by atoms with van der Waals surface area (Å²) in [5.74, 6) is 0. The van der Waals surface area contributed by atoms with Crippen LogP contribution in [-0.4, -0.2) is 5.38 Å². The van der Waals surface area contributed by atoms with Gasteiger partial charge < -0.3 is 0 Å². The second-order valence-corrected chi connectivity index (χ2v) is 5.46. The quantitative estimate of drug-likeness (QED) is 0.584. The van der Waals surface area contributed by atoms with E-state index in [1.54, 1.807) is 0 Å². The fourth-order valence-corrected chi connectivity index (χ4v) is 2.37. The summed E-state index contributed by atoms with van der Waals surface area (Å²) in [6.07, 6.45) is 5.44. The Morgan fingerprint density at radius 3 is 2.50 bits per heavy atom. The normalized spacial score (nSPS) is 12.8. The fraction of sp³-hybridized carbons (Fsp3) is 0.538. The van der Waals surface area contributed by atoms with Gasteiger partial charge in [-0.1, -0.05) is 42.6 Å². The predicted molar refractivity (Wildman–Crippen MR) is 73.9 cm³/mol. The minimum Gasteiger partial charge on any atom is -0.123 e. The van der Waals surface area contributed by atoms with Crippen LogP contribution in [0.4, 0.5) is 0 Å². The van der Waals surface area contributed by atoms with Crippen molar-refractivity contribution in [2.45, 2.75) is 44.4 Å². The predicted octanol–water partition coefficient (Wildman–Crippen LogP) is 5.72. The van der Waals surface area contributed by atoms with Crippen LogP contribution in [0.15, 0.2) is 18.2 Å². The van der Waals surface area contributed by atoms with E-state index in [9.17, 15) is 0 Å². The zero-order valence-corrected chi connectivity index (χ0v) is 11.7. The number of hydrogen-bond acceptors (Lipinski definition) is 0. The summed E-state index contributed by atoms with van der Waals surface area (Å²) in [5.41, 5.74) is 1.23. The van der Waals surface area contributed by atoms with Crippen molar-refractivity contribution in [3.8, 4) is 0 Å². The Kier molecular flexibility index (Phi) is 6.57. The SMILES string of the molecule is CCCC(Cl)CCCc1ccc(Cl)c(Cl)c1. The number of halogens is 3. The van der Waals surface area contributed by atoms with Gasteiger partial charge in [-0.2, -0.15) is 0 Å². The molecule has 0 nitrogen and oxygen atoms in total. The van der Waals surface area contributed by atoms with Crippen LogP contribution in [0.1, 0.15) is 38.2 Å². The van der Waals surface area contributed by atoms with Gasteiger partial charge in [0.15, 0.2) is 0 Å². The maximum absolute atomic E-state index is 6.16. The van der Waals surface area contributed by atoms with Gasteiger partial charge in [0.1, 0.15) is 0 Å². The third-order valence-electron chi connectivity index (χ3n) is 2.57. The average molecular weight is 280 g/mol. The van der Waals surface area contributed by atoms with Gasteiger partial charge in [0, 0.05) is 5.38 Å². The molecule has 90 valence electrons. The van der Waals surface area contributed by atoms with Crippen LogP contribution in [0.5, 0.6) is 0 Å². The number of benzene rings is 1. The molecule has 0 amide bonds. The van der Waals surface area contributed by atoms with Crippen molar-refractivity contribution in [3.63, 3.8) is 0 Å². The second-order valence-electron chi connectivity index (χ2n) is 4.03. The largest absolute Gasteiger partial charge is 0.123 e. The molecule has 3 heteroatoms. The molecule has 0 bridgehead atoms. The van der Waals surface area contributed by atoms with Gasteiger partial charge in [-0.25, -0.2) is 0 Å². The summed E-state index contributed by atoms with van der Waals surface area (Å²) in [6, 6.07) is 5.81. The number of rotatable bonds is 6. The molecule has 1 aromatic carbocycles. The molecule has 1 aromatic rings. The van der Waals surface area contributed by atoms with Crippen LogP contribution < -0.4 is 0 Å². The molecule has 0 fully saturated rings. The molecule has 0 aliphatic heterocycles. The first-order valence-electron chi connectivity index (χ1n) is 5.71. The molecule has 0 aliphatic carbocycles. The van der Waals surface area contributed by atoms with E-state index in [0.29, 0.717) is 15.4 Å². The van der Waals surface area contributed by atoms with E-state index in [1.807, 2.05) is 18.2 Å². The van der Waals surface area contributed by atoms with Crippen molar-refractivity contribution in [3.05, 3.63) is 33.8 Å². The van der Waals surface area contributed by atoms with E-state index in [4.69, 9.17) is 34.8 Å². The minimum atomic E-state index is 0.313. The zero-order valence-electron chi connectivity index (χ0n) is 9.48. The number of aryl methyl sites for hydroxylation is 1. The number of alkyl halides is 1. The van der Waals surface area contributed by atoms with Gasteiger partial charge in [0.05, 0.1) is 10.0 Å². The highest BCUT2D eigenvalue weighted by molar-refractivity contribution is 6.42. The molecule has 0 aliphatic rings. The molecule has 1 unspecified atom stereocenters. The Morgan fingerprint density at radius 2 is 1.88 bits per heavy atom. The molecule has 0 N–H and O–H groups in total. The van der Waals surface area contributed by atoms with Crippen LogP contribution in [0.25, 0.3) is 0 Å². The maximum Gasteiger partial charge on any atom is 0.0595 e. The van der Waals surface area contributed by atoms with Gasteiger partial charge in [-0.15, -0.1) is 11.6 Å². The topological polar surface area (TPSA) is 0 Å². The molecule has 0 spiro atoms. The lowest BCUT2D eigenvalue weighted by Gasteiger charge is -2.08. The van der Waals surface area contributed by atoms with Crippen LogP contribution >= 0.6 is 34.8 Å². The Labute approximate surface area is 113 Å². The van der Waals surface area contributed by atoms with Crippen molar-refractivity contribution >= 4 is 34.8 Å². The van der Waals surface area contributed by atoms with E-state index >= 15 is 0 Å². The minimum absolute atomic E-state index is 0.313. The van der Waals surface area contributed by atoms with Gasteiger partial charge in [-0.3, -0.25) is 0 Å². The van der Waals surface area contributed by atoms with Crippen molar-refractivity contribution in [2.24, 2.45) is 0 Å². The summed E-state index contributed by atoms with van der Waals surface area (Å²) in [6.45, 7) is 2.16. The van der Waals surface area contributed by atoms with E-state index in [2.05, 4.69) is 6.92 Å². The van der Waals surface area contributed by atoms with Crippen molar-refractivity contribution in [1.82, 2.24) is 0 Å². The highest BCUT2D eigenvalue weighted by Gasteiger charge is 2.04. The van der Waals surface area contributed by atoms with Crippen LogP contribution in [-0.2, 0) is 6.42 Å². The Hall–Kier alpha value is 0.0900. The van der Waals surface area contributed by atoms with Gasteiger partial charge in [0.25, 0.3) is 0 Å². The fourth-order valence-electron chi connectivity index (χ4n) is 1.68. The molecular weight excluding hydrogens is 263 g/mol. The van der Waals surface area contributed by atoms with E-state index in [1.165, 1.54) is 5.56 Å². The standard InChI is InChI=1S/C13H17Cl3/c1-2-4-11(14)6-3-5-10-7-8-12(15)13(16)9-10/h7-9,11H,2-6H2,1H3. The Balaban J connectivity index is 2.34. The first-order valence-corrected chi connectivity index (χ1v) is 6.90. The van der Waals surface area contributed by atoms with Crippen LogP contribution in [0.2, 0.25) is 10.0 Å². The average Bonchev–Trinajstić information content (AvgIpc) is 2.24. The van der Waals surface area contributed by atoms with Crippen molar-refractivity contribution in [1.29, 1.82) is 0 Å². The highest BCUT2D eigenvalue weighted by atomic mass is 35.5. The summed E-state index contributed by atoms with van der Waals surface area (Å²) in [7, 11) is 0. The third kappa shape index (κ3) is 4.95. The monoisotopic (exact) mass is 278 g/mol. The molecular formula is C13H17Cl3. The third-order valence-corrected chi connectivity index (χ3v) is 3.74. The molecule has 0 radical (unpaired) electrons. The van der Waals surface area contributed by atoms with E-state index in [-0.39, 0.29) is 0 Å². The Morgan fingerprint density at radius 1 is 1.12 bits per heavy atom. The summed E-state index contributed by atoms with van der Waals surface area (Å²) in [4.78, 5) is 0. The molecule has 0 saturated heterocycles.